The van der Waals surface area contributed by atoms with Gasteiger partial charge in [0, 0.05) is 0 Å². The van der Waals surface area contributed by atoms with Crippen LogP contribution in [-0.4, -0.2) is 6.61 Å². The van der Waals surface area contributed by atoms with Crippen molar-refractivity contribution in [3.63, 3.8) is 0 Å². The molecule has 1 saturated carbocycles. The highest BCUT2D eigenvalue weighted by molar-refractivity contribution is 5.33. The Morgan fingerprint density at radius 3 is 2.55 bits per heavy atom. The average Bonchev–Trinajstić information content (AvgIpc) is 2.98. The lowest BCUT2D eigenvalue weighted by Gasteiger charge is -2.15. The molecule has 1 aliphatic carbocycles. The van der Waals surface area contributed by atoms with Crippen LogP contribution in [0.25, 0.3) is 0 Å². The molecule has 0 N–H and O–H groups in total. The molecule has 0 saturated heterocycles. The minimum atomic E-state index is -0.814. The van der Waals surface area contributed by atoms with E-state index in [-0.39, 0.29) is 11.7 Å². The summed E-state index contributed by atoms with van der Waals surface area (Å²) < 4.78 is 33.8. The van der Waals surface area contributed by atoms with Crippen molar-refractivity contribution in [3.05, 3.63) is 29.3 Å². The van der Waals surface area contributed by atoms with Crippen molar-refractivity contribution in [2.24, 2.45) is 5.92 Å². The SMILES string of the molecule is CCCCOc1ccc(C2CCC(CCCC)C2)c(F)c1F. The Morgan fingerprint density at radius 1 is 1.05 bits per heavy atom. The molecule has 1 aromatic carbocycles. The van der Waals surface area contributed by atoms with Crippen LogP contribution in [0.5, 0.6) is 5.75 Å². The van der Waals surface area contributed by atoms with Gasteiger partial charge in [-0.05, 0) is 49.1 Å². The summed E-state index contributed by atoms with van der Waals surface area (Å²) in [5.74, 6) is -0.620. The van der Waals surface area contributed by atoms with Crippen LogP contribution in [-0.2, 0) is 0 Å². The quantitative estimate of drug-likeness (QED) is 0.518. The summed E-state index contributed by atoms with van der Waals surface area (Å²) in [6.07, 6.45) is 8.59. The van der Waals surface area contributed by atoms with Crippen molar-refractivity contribution < 1.29 is 13.5 Å². The second kappa shape index (κ2) is 8.50. The Hall–Kier alpha value is -1.12. The third-order valence-corrected chi connectivity index (χ3v) is 4.78. The van der Waals surface area contributed by atoms with Gasteiger partial charge in [-0.1, -0.05) is 45.6 Å². The van der Waals surface area contributed by atoms with E-state index in [2.05, 4.69) is 6.92 Å². The second-order valence-electron chi connectivity index (χ2n) is 6.50. The largest absolute Gasteiger partial charge is 0.490 e. The van der Waals surface area contributed by atoms with Crippen molar-refractivity contribution in [2.75, 3.05) is 6.61 Å². The number of benzene rings is 1. The summed E-state index contributed by atoms with van der Waals surface area (Å²) in [4.78, 5) is 0. The number of hydrogen-bond acceptors (Lipinski definition) is 1. The van der Waals surface area contributed by atoms with Gasteiger partial charge in [-0.15, -0.1) is 0 Å². The van der Waals surface area contributed by atoms with E-state index in [1.54, 1.807) is 12.1 Å². The van der Waals surface area contributed by atoms with Gasteiger partial charge in [-0.2, -0.15) is 4.39 Å². The normalized spacial score (nSPS) is 21.3. The number of rotatable bonds is 8. The second-order valence-corrected chi connectivity index (χ2v) is 6.50. The van der Waals surface area contributed by atoms with E-state index in [1.807, 2.05) is 6.92 Å². The van der Waals surface area contributed by atoms with Crippen molar-refractivity contribution in [1.82, 2.24) is 0 Å². The molecule has 2 rings (SSSR count). The lowest BCUT2D eigenvalue weighted by atomic mass is 9.94. The van der Waals surface area contributed by atoms with E-state index in [1.165, 1.54) is 19.3 Å². The van der Waals surface area contributed by atoms with Gasteiger partial charge in [-0.3, -0.25) is 0 Å². The standard InChI is InChI=1S/C19H28F2O/c1-3-5-7-14-8-9-15(13-14)16-10-11-17(19(21)18(16)20)22-12-6-4-2/h10-11,14-15H,3-9,12-13H2,1-2H3. The van der Waals surface area contributed by atoms with E-state index >= 15 is 0 Å². The van der Waals surface area contributed by atoms with Crippen molar-refractivity contribution in [3.8, 4) is 5.75 Å². The molecule has 1 aromatic rings. The Morgan fingerprint density at radius 2 is 1.82 bits per heavy atom. The molecule has 0 aromatic heterocycles. The first-order chi connectivity index (χ1) is 10.7. The first-order valence-corrected chi connectivity index (χ1v) is 8.78. The van der Waals surface area contributed by atoms with Gasteiger partial charge in [0.05, 0.1) is 6.61 Å². The molecule has 0 radical (unpaired) electrons. The van der Waals surface area contributed by atoms with E-state index in [4.69, 9.17) is 4.74 Å². The highest BCUT2D eigenvalue weighted by atomic mass is 19.2. The summed E-state index contributed by atoms with van der Waals surface area (Å²) in [6.45, 7) is 4.67. The van der Waals surface area contributed by atoms with Crippen LogP contribution >= 0.6 is 0 Å². The number of halogens is 2. The van der Waals surface area contributed by atoms with Crippen molar-refractivity contribution in [2.45, 2.75) is 71.1 Å². The Kier molecular flexibility index (Phi) is 6.66. The van der Waals surface area contributed by atoms with Crippen molar-refractivity contribution >= 4 is 0 Å². The average molecular weight is 310 g/mol. The summed E-state index contributed by atoms with van der Waals surface area (Å²) in [6, 6.07) is 3.33. The van der Waals surface area contributed by atoms with Crippen LogP contribution in [0.15, 0.2) is 12.1 Å². The van der Waals surface area contributed by atoms with Crippen LogP contribution < -0.4 is 4.74 Å². The first kappa shape index (κ1) is 17.2. The third-order valence-electron chi connectivity index (χ3n) is 4.78. The Bertz CT molecular complexity index is 473. The highest BCUT2D eigenvalue weighted by Gasteiger charge is 2.29. The molecular formula is C19H28F2O. The minimum Gasteiger partial charge on any atom is -0.490 e. The smallest absolute Gasteiger partial charge is 0.200 e. The van der Waals surface area contributed by atoms with Gasteiger partial charge in [0.2, 0.25) is 5.82 Å². The van der Waals surface area contributed by atoms with Gasteiger partial charge >= 0.3 is 0 Å². The summed E-state index contributed by atoms with van der Waals surface area (Å²) >= 11 is 0. The predicted molar refractivity (Wildman–Crippen MR) is 86.4 cm³/mol. The molecule has 124 valence electrons. The zero-order valence-electron chi connectivity index (χ0n) is 13.8. The fourth-order valence-corrected chi connectivity index (χ4v) is 3.41. The highest BCUT2D eigenvalue weighted by Crippen LogP contribution is 2.42. The molecule has 2 atom stereocenters. The first-order valence-electron chi connectivity index (χ1n) is 8.78. The molecule has 0 aliphatic heterocycles. The summed E-state index contributed by atoms with van der Waals surface area (Å²) in [5, 5.41) is 0. The number of ether oxygens (including phenoxy) is 1. The monoisotopic (exact) mass is 310 g/mol. The maximum atomic E-state index is 14.3. The van der Waals surface area contributed by atoms with E-state index in [9.17, 15) is 8.78 Å². The van der Waals surface area contributed by atoms with E-state index in [0.29, 0.717) is 18.1 Å². The van der Waals surface area contributed by atoms with E-state index in [0.717, 1.165) is 32.1 Å². The van der Waals surface area contributed by atoms with Crippen LogP contribution in [0.3, 0.4) is 0 Å². The molecule has 3 heteroatoms. The fraction of sp³-hybridized carbons (Fsp3) is 0.684. The molecule has 2 unspecified atom stereocenters. The Labute approximate surface area is 133 Å². The molecule has 1 aliphatic rings. The van der Waals surface area contributed by atoms with Gasteiger partial charge in [0.1, 0.15) is 0 Å². The Balaban J connectivity index is 2.02. The van der Waals surface area contributed by atoms with Gasteiger partial charge in [0.25, 0.3) is 0 Å². The van der Waals surface area contributed by atoms with Gasteiger partial charge in [0.15, 0.2) is 11.6 Å². The minimum absolute atomic E-state index is 0.0511. The van der Waals surface area contributed by atoms with Crippen LogP contribution in [0, 0.1) is 17.6 Å². The summed E-state index contributed by atoms with van der Waals surface area (Å²) in [7, 11) is 0. The van der Waals surface area contributed by atoms with Crippen LogP contribution in [0.2, 0.25) is 0 Å². The molecule has 22 heavy (non-hydrogen) atoms. The fourth-order valence-electron chi connectivity index (χ4n) is 3.41. The molecule has 0 spiro atoms. The molecule has 0 amide bonds. The van der Waals surface area contributed by atoms with Crippen LogP contribution in [0.4, 0.5) is 8.78 Å². The lowest BCUT2D eigenvalue weighted by Crippen LogP contribution is -2.05. The molecular weight excluding hydrogens is 282 g/mol. The number of unbranched alkanes of at least 4 members (excludes halogenated alkanes) is 2. The molecule has 1 nitrogen and oxygen atoms in total. The zero-order chi connectivity index (χ0) is 15.9. The summed E-state index contributed by atoms with van der Waals surface area (Å²) in [5.41, 5.74) is 0.541. The molecule has 0 bridgehead atoms. The number of hydrogen-bond donors (Lipinski definition) is 0. The van der Waals surface area contributed by atoms with Crippen LogP contribution in [0.1, 0.15) is 76.7 Å². The molecule has 0 heterocycles. The maximum absolute atomic E-state index is 14.3. The predicted octanol–water partition coefficient (Wildman–Crippen LogP) is 6.22. The maximum Gasteiger partial charge on any atom is 0.200 e. The van der Waals surface area contributed by atoms with Gasteiger partial charge < -0.3 is 4.74 Å². The third kappa shape index (κ3) is 4.21. The molecule has 1 fully saturated rings. The lowest BCUT2D eigenvalue weighted by molar-refractivity contribution is 0.287. The van der Waals surface area contributed by atoms with Gasteiger partial charge in [-0.25, -0.2) is 4.39 Å². The topological polar surface area (TPSA) is 9.23 Å². The zero-order valence-corrected chi connectivity index (χ0v) is 13.8. The van der Waals surface area contributed by atoms with E-state index < -0.39 is 11.6 Å². The van der Waals surface area contributed by atoms with Crippen molar-refractivity contribution in [1.29, 1.82) is 0 Å².